The Hall–Kier alpha value is -3.35. The predicted octanol–water partition coefficient (Wildman–Crippen LogP) is 3.85. The second-order valence-corrected chi connectivity index (χ2v) is 6.31. The third-order valence-corrected chi connectivity index (χ3v) is 4.56. The van der Waals surface area contributed by atoms with Gasteiger partial charge in [0.05, 0.1) is 6.26 Å². The molecule has 1 unspecified atom stereocenters. The summed E-state index contributed by atoms with van der Waals surface area (Å²) in [7, 11) is 0. The molecular formula is C19H17N3O4. The molecule has 0 spiro atoms. The molecule has 26 heavy (non-hydrogen) atoms. The fraction of sp³-hybridized carbons (Fsp3) is 0.211. The summed E-state index contributed by atoms with van der Waals surface area (Å²) < 4.78 is 11.1. The number of anilines is 1. The molecule has 3 amide bonds. The first kappa shape index (κ1) is 16.1. The molecule has 2 aromatic heterocycles. The molecule has 0 aliphatic carbocycles. The first-order chi connectivity index (χ1) is 12.5. The normalized spacial score (nSPS) is 19.8. The van der Waals surface area contributed by atoms with Crippen molar-refractivity contribution >= 4 is 28.7 Å². The molecular weight excluding hydrogens is 334 g/mol. The fourth-order valence-electron chi connectivity index (χ4n) is 2.84. The van der Waals surface area contributed by atoms with Crippen LogP contribution in [0.5, 0.6) is 11.6 Å². The molecule has 1 fully saturated rings. The highest BCUT2D eigenvalue weighted by Crippen LogP contribution is 2.29. The van der Waals surface area contributed by atoms with Gasteiger partial charge in [0.25, 0.3) is 5.91 Å². The number of amides is 3. The van der Waals surface area contributed by atoms with Gasteiger partial charge in [-0.3, -0.25) is 4.79 Å². The predicted molar refractivity (Wildman–Crippen MR) is 95.2 cm³/mol. The Labute approximate surface area is 149 Å². The van der Waals surface area contributed by atoms with Gasteiger partial charge in [0.1, 0.15) is 22.7 Å². The van der Waals surface area contributed by atoms with Crippen molar-refractivity contribution in [2.24, 2.45) is 0 Å². The molecule has 132 valence electrons. The van der Waals surface area contributed by atoms with E-state index in [0.29, 0.717) is 17.8 Å². The van der Waals surface area contributed by atoms with E-state index in [2.05, 4.69) is 10.3 Å². The highest BCUT2D eigenvalue weighted by Gasteiger charge is 2.47. The van der Waals surface area contributed by atoms with Crippen molar-refractivity contribution in [1.29, 1.82) is 0 Å². The van der Waals surface area contributed by atoms with E-state index in [9.17, 15) is 9.59 Å². The number of carbonyl (C=O) groups is 2. The van der Waals surface area contributed by atoms with E-state index in [1.54, 1.807) is 43.5 Å². The van der Waals surface area contributed by atoms with Crippen molar-refractivity contribution < 1.29 is 18.7 Å². The number of urea groups is 1. The zero-order valence-corrected chi connectivity index (χ0v) is 14.4. The highest BCUT2D eigenvalue weighted by molar-refractivity contribution is 6.22. The SMILES string of the molecule is CCC1(C)NC(=O)N(c2cccc(Oc3ccc4ccoc4c3)n2)C1=O. The largest absolute Gasteiger partial charge is 0.464 e. The summed E-state index contributed by atoms with van der Waals surface area (Å²) in [6, 6.07) is 11.8. The van der Waals surface area contributed by atoms with Crippen LogP contribution in [0.3, 0.4) is 0 Å². The number of hydrogen-bond donors (Lipinski definition) is 1. The molecule has 3 aromatic rings. The minimum absolute atomic E-state index is 0.223. The fourth-order valence-corrected chi connectivity index (χ4v) is 2.84. The van der Waals surface area contributed by atoms with Gasteiger partial charge in [-0.05, 0) is 37.6 Å². The van der Waals surface area contributed by atoms with Gasteiger partial charge < -0.3 is 14.5 Å². The zero-order chi connectivity index (χ0) is 18.3. The summed E-state index contributed by atoms with van der Waals surface area (Å²) in [6.45, 7) is 3.55. The van der Waals surface area contributed by atoms with Gasteiger partial charge in [-0.2, -0.15) is 4.98 Å². The molecule has 1 aromatic carbocycles. The van der Waals surface area contributed by atoms with Crippen LogP contribution in [-0.4, -0.2) is 22.5 Å². The number of hydrogen-bond acceptors (Lipinski definition) is 5. The highest BCUT2D eigenvalue weighted by atomic mass is 16.5. The van der Waals surface area contributed by atoms with Gasteiger partial charge in [-0.15, -0.1) is 0 Å². The van der Waals surface area contributed by atoms with Crippen molar-refractivity contribution in [1.82, 2.24) is 10.3 Å². The third-order valence-electron chi connectivity index (χ3n) is 4.56. The number of nitrogens with zero attached hydrogens (tertiary/aromatic N) is 2. The van der Waals surface area contributed by atoms with Crippen LogP contribution in [0.15, 0.2) is 53.1 Å². The maximum absolute atomic E-state index is 12.6. The quantitative estimate of drug-likeness (QED) is 0.722. The van der Waals surface area contributed by atoms with Crippen molar-refractivity contribution in [3.63, 3.8) is 0 Å². The number of benzene rings is 1. The third kappa shape index (κ3) is 2.57. The van der Waals surface area contributed by atoms with Crippen LogP contribution in [0.2, 0.25) is 0 Å². The van der Waals surface area contributed by atoms with E-state index >= 15 is 0 Å². The summed E-state index contributed by atoms with van der Waals surface area (Å²) >= 11 is 0. The number of imide groups is 1. The maximum Gasteiger partial charge on any atom is 0.330 e. The number of rotatable bonds is 4. The lowest BCUT2D eigenvalue weighted by molar-refractivity contribution is -0.121. The van der Waals surface area contributed by atoms with Crippen molar-refractivity contribution in [2.75, 3.05) is 4.90 Å². The lowest BCUT2D eigenvalue weighted by atomic mass is 9.99. The number of aromatic nitrogens is 1. The van der Waals surface area contributed by atoms with E-state index in [4.69, 9.17) is 9.15 Å². The van der Waals surface area contributed by atoms with Crippen LogP contribution in [0, 0.1) is 0 Å². The summed E-state index contributed by atoms with van der Waals surface area (Å²) in [5, 5.41) is 3.68. The molecule has 1 atom stereocenters. The molecule has 0 saturated carbocycles. The van der Waals surface area contributed by atoms with Gasteiger partial charge in [-0.1, -0.05) is 13.0 Å². The Balaban J connectivity index is 1.62. The molecule has 1 saturated heterocycles. The van der Waals surface area contributed by atoms with Crippen LogP contribution in [-0.2, 0) is 4.79 Å². The topological polar surface area (TPSA) is 84.7 Å². The zero-order valence-electron chi connectivity index (χ0n) is 14.4. The number of carbonyl (C=O) groups excluding carboxylic acids is 2. The Kier molecular flexibility index (Phi) is 3.64. The van der Waals surface area contributed by atoms with Crippen LogP contribution < -0.4 is 15.0 Å². The average molecular weight is 351 g/mol. The summed E-state index contributed by atoms with van der Waals surface area (Å²) in [5.41, 5.74) is -0.216. The van der Waals surface area contributed by atoms with E-state index in [1.165, 1.54) is 0 Å². The number of furan rings is 1. The summed E-state index contributed by atoms with van der Waals surface area (Å²) in [6.07, 6.45) is 2.10. The first-order valence-corrected chi connectivity index (χ1v) is 8.29. The minimum atomic E-state index is -0.917. The Morgan fingerprint density at radius 3 is 2.85 bits per heavy atom. The van der Waals surface area contributed by atoms with E-state index in [1.807, 2.05) is 19.1 Å². The van der Waals surface area contributed by atoms with E-state index in [0.717, 1.165) is 10.3 Å². The average Bonchev–Trinajstić information content (AvgIpc) is 3.18. The molecule has 0 bridgehead atoms. The number of nitrogens with one attached hydrogen (secondary N) is 1. The van der Waals surface area contributed by atoms with Crippen LogP contribution >= 0.6 is 0 Å². The van der Waals surface area contributed by atoms with Gasteiger partial charge >= 0.3 is 6.03 Å². The summed E-state index contributed by atoms with van der Waals surface area (Å²) in [4.78, 5) is 30.2. The minimum Gasteiger partial charge on any atom is -0.464 e. The molecule has 1 aliphatic heterocycles. The van der Waals surface area contributed by atoms with Gasteiger partial charge in [0.15, 0.2) is 0 Å². The maximum atomic E-state index is 12.6. The Morgan fingerprint density at radius 1 is 1.23 bits per heavy atom. The van der Waals surface area contributed by atoms with E-state index in [-0.39, 0.29) is 17.6 Å². The smallest absolute Gasteiger partial charge is 0.330 e. The monoisotopic (exact) mass is 351 g/mol. The first-order valence-electron chi connectivity index (χ1n) is 8.29. The molecule has 4 rings (SSSR count). The number of fused-ring (bicyclic) bond motifs is 1. The van der Waals surface area contributed by atoms with Crippen molar-refractivity contribution in [3.8, 4) is 11.6 Å². The van der Waals surface area contributed by atoms with Gasteiger partial charge in [-0.25, -0.2) is 9.69 Å². The van der Waals surface area contributed by atoms with Gasteiger partial charge in [0, 0.05) is 17.5 Å². The Bertz CT molecular complexity index is 1010. The second kappa shape index (κ2) is 5.87. The molecule has 3 heterocycles. The lowest BCUT2D eigenvalue weighted by Crippen LogP contribution is -2.43. The summed E-state index contributed by atoms with van der Waals surface area (Å²) in [5.74, 6) is 0.722. The lowest BCUT2D eigenvalue weighted by Gasteiger charge is -2.19. The number of pyridine rings is 1. The molecule has 1 N–H and O–H groups in total. The van der Waals surface area contributed by atoms with Crippen molar-refractivity contribution in [3.05, 3.63) is 48.7 Å². The molecule has 1 aliphatic rings. The van der Waals surface area contributed by atoms with E-state index < -0.39 is 11.6 Å². The molecule has 7 heteroatoms. The molecule has 7 nitrogen and oxygen atoms in total. The van der Waals surface area contributed by atoms with Crippen molar-refractivity contribution in [2.45, 2.75) is 25.8 Å². The second-order valence-electron chi connectivity index (χ2n) is 6.31. The van der Waals surface area contributed by atoms with Gasteiger partial charge in [0.2, 0.25) is 5.88 Å². The Morgan fingerprint density at radius 2 is 2.08 bits per heavy atom. The number of ether oxygens (including phenoxy) is 1. The van der Waals surface area contributed by atoms with Crippen LogP contribution in [0.1, 0.15) is 20.3 Å². The van der Waals surface area contributed by atoms with Crippen LogP contribution in [0.4, 0.5) is 10.6 Å². The van der Waals surface area contributed by atoms with Crippen LogP contribution in [0.25, 0.3) is 11.0 Å². The standard InChI is InChI=1S/C19H17N3O4/c1-3-19(2)17(23)22(18(24)21-19)15-5-4-6-16(20-15)26-13-8-7-12-9-10-25-14(12)11-13/h4-11H,3H2,1-2H3,(H,21,24). The molecule has 0 radical (unpaired) electrons.